The van der Waals surface area contributed by atoms with Crippen LogP contribution in [0.2, 0.25) is 0 Å². The van der Waals surface area contributed by atoms with E-state index >= 15 is 0 Å². The van der Waals surface area contributed by atoms with Crippen LogP contribution in [0.3, 0.4) is 0 Å². The van der Waals surface area contributed by atoms with Crippen LogP contribution in [-0.2, 0) is 12.0 Å². The molecule has 1 fully saturated rings. The van der Waals surface area contributed by atoms with E-state index in [0.29, 0.717) is 12.5 Å². The van der Waals surface area contributed by atoms with E-state index in [4.69, 9.17) is 0 Å². The number of hydrogen-bond donors (Lipinski definition) is 2. The van der Waals surface area contributed by atoms with Crippen molar-refractivity contribution in [3.8, 4) is 0 Å². The maximum atomic E-state index is 13.4. The van der Waals surface area contributed by atoms with E-state index in [9.17, 15) is 13.2 Å². The highest BCUT2D eigenvalue weighted by Gasteiger charge is 2.44. The molecular weight excluding hydrogens is 331 g/mol. The second-order valence-corrected chi connectivity index (χ2v) is 6.10. The first-order valence-corrected chi connectivity index (χ1v) is 8.04. The highest BCUT2D eigenvalue weighted by atomic mass is 19.3. The zero-order chi connectivity index (χ0) is 17.9. The van der Waals surface area contributed by atoms with Crippen molar-refractivity contribution >= 4 is 5.96 Å². The Morgan fingerprint density at radius 1 is 1.36 bits per heavy atom. The molecule has 5 nitrogen and oxygen atoms in total. The fourth-order valence-electron chi connectivity index (χ4n) is 2.83. The number of rotatable bonds is 6. The maximum absolute atomic E-state index is 13.4. The van der Waals surface area contributed by atoms with Crippen LogP contribution >= 0.6 is 0 Å². The highest BCUT2D eigenvalue weighted by molar-refractivity contribution is 5.79. The maximum Gasteiger partial charge on any atom is 0.319 e. The minimum atomic E-state index is -2.63. The van der Waals surface area contributed by atoms with E-state index in [1.807, 2.05) is 6.07 Å². The van der Waals surface area contributed by atoms with Gasteiger partial charge in [0.1, 0.15) is 11.6 Å². The highest BCUT2D eigenvalue weighted by Crippen LogP contribution is 2.47. The average Bonchev–Trinajstić information content (AvgIpc) is 3.24. The molecule has 0 unspecified atom stereocenters. The summed E-state index contributed by atoms with van der Waals surface area (Å²) in [5.41, 5.74) is 0.866. The van der Waals surface area contributed by atoms with E-state index in [0.717, 1.165) is 23.0 Å². The molecule has 134 valence electrons. The van der Waals surface area contributed by atoms with Crippen molar-refractivity contribution in [1.82, 2.24) is 20.2 Å². The number of aliphatic imine (C=N–C) groups is 1. The second-order valence-electron chi connectivity index (χ2n) is 6.10. The van der Waals surface area contributed by atoms with Crippen LogP contribution in [0, 0.1) is 5.82 Å². The molecule has 0 bridgehead atoms. The van der Waals surface area contributed by atoms with Gasteiger partial charge >= 0.3 is 6.55 Å². The third-order valence-electron chi connectivity index (χ3n) is 4.48. The summed E-state index contributed by atoms with van der Waals surface area (Å²) in [6.45, 7) is -1.90. The van der Waals surface area contributed by atoms with Crippen molar-refractivity contribution in [1.29, 1.82) is 0 Å². The van der Waals surface area contributed by atoms with Gasteiger partial charge in [0.2, 0.25) is 0 Å². The number of aromatic nitrogens is 2. The van der Waals surface area contributed by atoms with Gasteiger partial charge in [-0.15, -0.1) is 0 Å². The molecule has 25 heavy (non-hydrogen) atoms. The van der Waals surface area contributed by atoms with Crippen molar-refractivity contribution in [2.24, 2.45) is 4.99 Å². The summed E-state index contributed by atoms with van der Waals surface area (Å²) in [6, 6.07) is 6.62. The van der Waals surface area contributed by atoms with E-state index in [-0.39, 0.29) is 23.6 Å². The topological polar surface area (TPSA) is 54.2 Å². The quantitative estimate of drug-likeness (QED) is 0.622. The second kappa shape index (κ2) is 7.16. The van der Waals surface area contributed by atoms with E-state index in [1.165, 1.54) is 18.5 Å². The third kappa shape index (κ3) is 3.94. The molecule has 1 aromatic carbocycles. The first kappa shape index (κ1) is 17.3. The van der Waals surface area contributed by atoms with Gasteiger partial charge in [-0.1, -0.05) is 12.1 Å². The molecule has 8 heteroatoms. The first-order chi connectivity index (χ1) is 12.0. The zero-order valence-electron chi connectivity index (χ0n) is 13.8. The Morgan fingerprint density at radius 3 is 2.80 bits per heavy atom. The Bertz CT molecular complexity index is 752. The molecular formula is C17H20F3N5. The summed E-state index contributed by atoms with van der Waals surface area (Å²) in [7, 11) is 1.61. The molecule has 3 rings (SSSR count). The number of alkyl halides is 2. The minimum Gasteiger partial charge on any atom is -0.356 e. The van der Waals surface area contributed by atoms with Gasteiger partial charge in [0.05, 0.1) is 6.54 Å². The Labute approximate surface area is 144 Å². The lowest BCUT2D eigenvalue weighted by molar-refractivity contribution is 0.0668. The number of hydrogen-bond acceptors (Lipinski definition) is 2. The molecule has 2 N–H and O–H groups in total. The van der Waals surface area contributed by atoms with Crippen molar-refractivity contribution in [2.45, 2.75) is 31.4 Å². The molecule has 0 amide bonds. The standard InChI is InChI=1S/C17H20F3N5/c1-21-16(23-10-14-22-7-8-25(14)15(19)20)24-11-17(5-6-17)12-3-2-4-13(18)9-12/h2-4,7-9,15H,5-6,10-11H2,1H3,(H2,21,23,24). The summed E-state index contributed by atoms with van der Waals surface area (Å²) in [6.07, 6.45) is 4.51. The lowest BCUT2D eigenvalue weighted by Crippen LogP contribution is -2.41. The molecule has 0 aliphatic heterocycles. The number of imidazole rings is 1. The number of halogens is 3. The third-order valence-corrected chi connectivity index (χ3v) is 4.48. The Balaban J connectivity index is 1.57. The van der Waals surface area contributed by atoms with Gasteiger partial charge in [0.25, 0.3) is 0 Å². The Morgan fingerprint density at radius 2 is 2.16 bits per heavy atom. The summed E-state index contributed by atoms with van der Waals surface area (Å²) >= 11 is 0. The molecule has 1 aromatic heterocycles. The van der Waals surface area contributed by atoms with E-state index in [2.05, 4.69) is 20.6 Å². The Hall–Kier alpha value is -2.51. The van der Waals surface area contributed by atoms with Crippen LogP contribution in [0.25, 0.3) is 0 Å². The van der Waals surface area contributed by atoms with Gasteiger partial charge in [0, 0.05) is 31.4 Å². The van der Waals surface area contributed by atoms with Crippen molar-refractivity contribution in [2.75, 3.05) is 13.6 Å². The molecule has 0 spiro atoms. The molecule has 1 heterocycles. The fraction of sp³-hybridized carbons (Fsp3) is 0.412. The van der Waals surface area contributed by atoms with E-state index < -0.39 is 6.55 Å². The summed E-state index contributed by atoms with van der Waals surface area (Å²) in [5.74, 6) is 0.473. The summed E-state index contributed by atoms with van der Waals surface area (Å²) in [5, 5.41) is 6.17. The zero-order valence-corrected chi connectivity index (χ0v) is 13.8. The molecule has 1 aliphatic rings. The number of nitrogens with one attached hydrogen (secondary N) is 2. The van der Waals surface area contributed by atoms with Crippen LogP contribution < -0.4 is 10.6 Å². The van der Waals surface area contributed by atoms with Crippen LogP contribution in [0.1, 0.15) is 30.8 Å². The SMILES string of the molecule is CN=C(NCc1nccn1C(F)F)NCC1(c2cccc(F)c2)CC1. The lowest BCUT2D eigenvalue weighted by Gasteiger charge is -2.19. The predicted octanol–water partition coefficient (Wildman–Crippen LogP) is 2.81. The molecule has 0 atom stereocenters. The first-order valence-electron chi connectivity index (χ1n) is 8.04. The largest absolute Gasteiger partial charge is 0.356 e. The van der Waals surface area contributed by atoms with Gasteiger partial charge in [-0.2, -0.15) is 8.78 Å². The van der Waals surface area contributed by atoms with Crippen molar-refractivity contribution in [3.05, 3.63) is 53.9 Å². The normalized spacial score (nSPS) is 16.1. The van der Waals surface area contributed by atoms with Gasteiger partial charge in [-0.05, 0) is 30.5 Å². The lowest BCUT2D eigenvalue weighted by atomic mass is 9.96. The Kier molecular flexibility index (Phi) is 4.96. The fourth-order valence-corrected chi connectivity index (χ4v) is 2.83. The molecule has 2 aromatic rings. The number of guanidine groups is 1. The van der Waals surface area contributed by atoms with Crippen LogP contribution in [-0.4, -0.2) is 29.1 Å². The van der Waals surface area contributed by atoms with Gasteiger partial charge in [0.15, 0.2) is 5.96 Å². The summed E-state index contributed by atoms with van der Waals surface area (Å²) in [4.78, 5) is 8.02. The minimum absolute atomic E-state index is 0.0961. The molecule has 1 saturated carbocycles. The molecule has 0 saturated heterocycles. The monoisotopic (exact) mass is 351 g/mol. The van der Waals surface area contributed by atoms with Crippen molar-refractivity contribution in [3.63, 3.8) is 0 Å². The predicted molar refractivity (Wildman–Crippen MR) is 89.0 cm³/mol. The average molecular weight is 351 g/mol. The van der Waals surface area contributed by atoms with E-state index in [1.54, 1.807) is 19.2 Å². The summed E-state index contributed by atoms with van der Waals surface area (Å²) < 4.78 is 39.9. The molecule has 1 aliphatic carbocycles. The van der Waals surface area contributed by atoms with Crippen LogP contribution in [0.4, 0.5) is 13.2 Å². The number of benzene rings is 1. The number of nitrogens with zero attached hydrogens (tertiary/aromatic N) is 3. The van der Waals surface area contributed by atoms with Crippen LogP contribution in [0.15, 0.2) is 41.7 Å². The van der Waals surface area contributed by atoms with Gasteiger partial charge in [-0.3, -0.25) is 9.56 Å². The smallest absolute Gasteiger partial charge is 0.319 e. The van der Waals surface area contributed by atoms with Gasteiger partial charge < -0.3 is 10.6 Å². The van der Waals surface area contributed by atoms with Gasteiger partial charge in [-0.25, -0.2) is 9.37 Å². The van der Waals surface area contributed by atoms with Crippen molar-refractivity contribution < 1.29 is 13.2 Å². The van der Waals surface area contributed by atoms with Crippen LogP contribution in [0.5, 0.6) is 0 Å². The molecule has 0 radical (unpaired) electrons.